The van der Waals surface area contributed by atoms with Gasteiger partial charge in [-0.15, -0.1) is 0 Å². The quantitative estimate of drug-likeness (QED) is 0.751. The third kappa shape index (κ3) is 4.64. The lowest BCUT2D eigenvalue weighted by Crippen LogP contribution is -2.50. The van der Waals surface area contributed by atoms with Crippen molar-refractivity contribution >= 4 is 17.6 Å². The van der Waals surface area contributed by atoms with Crippen molar-refractivity contribution in [2.45, 2.75) is 18.7 Å². The van der Waals surface area contributed by atoms with Gasteiger partial charge < -0.3 is 25.4 Å². The summed E-state index contributed by atoms with van der Waals surface area (Å²) in [6, 6.07) is 16.1. The zero-order chi connectivity index (χ0) is 19.2. The maximum atomic E-state index is 12.0. The Kier molecular flexibility index (Phi) is 6.05. The molecule has 0 aromatic heterocycles. The van der Waals surface area contributed by atoms with Crippen molar-refractivity contribution in [3.8, 4) is 0 Å². The van der Waals surface area contributed by atoms with Crippen LogP contribution in [-0.2, 0) is 16.1 Å². The van der Waals surface area contributed by atoms with Gasteiger partial charge in [0.1, 0.15) is 12.7 Å². The number of aliphatic hydroxyl groups excluding tert-OH is 1. The van der Waals surface area contributed by atoms with Crippen LogP contribution >= 0.6 is 0 Å². The van der Waals surface area contributed by atoms with Crippen LogP contribution in [0.5, 0.6) is 0 Å². The van der Waals surface area contributed by atoms with Gasteiger partial charge in [-0.1, -0.05) is 42.5 Å². The molecule has 3 rings (SSSR count). The number of nitrogens with one attached hydrogen (secondary N) is 2. The average Bonchev–Trinajstić information content (AvgIpc) is 2.70. The Morgan fingerprint density at radius 3 is 2.56 bits per heavy atom. The Labute approximate surface area is 157 Å². The fourth-order valence-electron chi connectivity index (χ4n) is 3.01. The fraction of sp³-hybridized carbons (Fsp3) is 0.300. The van der Waals surface area contributed by atoms with Crippen molar-refractivity contribution in [3.63, 3.8) is 0 Å². The van der Waals surface area contributed by atoms with E-state index >= 15 is 0 Å². The first-order chi connectivity index (χ1) is 13.1. The molecule has 0 saturated carbocycles. The van der Waals surface area contributed by atoms with E-state index in [1.54, 1.807) is 19.2 Å². The number of hydrogen-bond donors (Lipinski definition) is 3. The van der Waals surface area contributed by atoms with E-state index in [1.165, 1.54) is 4.90 Å². The lowest BCUT2D eigenvalue weighted by molar-refractivity contribution is -0.157. The van der Waals surface area contributed by atoms with Gasteiger partial charge in [0.05, 0.1) is 12.6 Å². The predicted octanol–water partition coefficient (Wildman–Crippen LogP) is 1.90. The summed E-state index contributed by atoms with van der Waals surface area (Å²) in [6.07, 6.45) is -0.404. The van der Waals surface area contributed by atoms with E-state index in [0.29, 0.717) is 12.2 Å². The van der Waals surface area contributed by atoms with Crippen molar-refractivity contribution < 1.29 is 19.4 Å². The molecule has 0 spiro atoms. The van der Waals surface area contributed by atoms with Gasteiger partial charge in [0.15, 0.2) is 0 Å². The number of carbonyl (C=O) groups is 2. The molecular weight excluding hydrogens is 346 g/mol. The zero-order valence-corrected chi connectivity index (χ0v) is 15.1. The van der Waals surface area contributed by atoms with Crippen molar-refractivity contribution in [2.75, 3.05) is 25.6 Å². The molecule has 3 amide bonds. The van der Waals surface area contributed by atoms with Crippen molar-refractivity contribution in [2.24, 2.45) is 0 Å². The van der Waals surface area contributed by atoms with Gasteiger partial charge >= 0.3 is 6.03 Å². The molecule has 27 heavy (non-hydrogen) atoms. The number of anilines is 1. The van der Waals surface area contributed by atoms with E-state index in [0.717, 1.165) is 11.1 Å². The fourth-order valence-corrected chi connectivity index (χ4v) is 3.01. The predicted molar refractivity (Wildman–Crippen MR) is 101 cm³/mol. The third-order valence-electron chi connectivity index (χ3n) is 4.61. The van der Waals surface area contributed by atoms with Gasteiger partial charge in [0, 0.05) is 19.3 Å². The number of morpholine rings is 1. The number of likely N-dealkylation sites (N-methyl/N-ethyl adjacent to an activating group) is 1. The second-order valence-electron chi connectivity index (χ2n) is 6.40. The summed E-state index contributed by atoms with van der Waals surface area (Å²) in [4.78, 5) is 25.3. The molecule has 0 unspecified atom stereocenters. The van der Waals surface area contributed by atoms with Crippen LogP contribution in [0.4, 0.5) is 10.5 Å². The Morgan fingerprint density at radius 1 is 1.19 bits per heavy atom. The molecule has 0 radical (unpaired) electrons. The van der Waals surface area contributed by atoms with Gasteiger partial charge in [-0.25, -0.2) is 4.79 Å². The normalized spacial score (nSPS) is 19.6. The molecule has 1 aliphatic heterocycles. The van der Waals surface area contributed by atoms with Crippen LogP contribution in [0.15, 0.2) is 54.6 Å². The molecule has 3 N–H and O–H groups in total. The number of urea groups is 1. The summed E-state index contributed by atoms with van der Waals surface area (Å²) in [5, 5.41) is 15.2. The van der Waals surface area contributed by atoms with Gasteiger partial charge in [-0.2, -0.15) is 0 Å². The standard InChI is InChI=1S/C20H23N3O4/c1-23-17(12-24)19(27-13-18(23)25)15-7-9-16(10-8-15)22-20(26)21-11-14-5-3-2-4-6-14/h2-10,17,19,24H,11-13H2,1H3,(H2,21,22,26)/t17-,19-/m1/s1. The largest absolute Gasteiger partial charge is 0.394 e. The number of ether oxygens (including phenoxy) is 1. The van der Waals surface area contributed by atoms with Gasteiger partial charge in [0.2, 0.25) is 5.91 Å². The molecule has 142 valence electrons. The minimum atomic E-state index is -0.431. The molecule has 7 heteroatoms. The number of carbonyl (C=O) groups excluding carboxylic acids is 2. The number of amides is 3. The summed E-state index contributed by atoms with van der Waals surface area (Å²) in [5.74, 6) is -0.154. The molecule has 7 nitrogen and oxygen atoms in total. The molecule has 2 atom stereocenters. The van der Waals surface area contributed by atoms with E-state index in [-0.39, 0.29) is 25.2 Å². The summed E-state index contributed by atoms with van der Waals surface area (Å²) in [7, 11) is 1.66. The van der Waals surface area contributed by atoms with Gasteiger partial charge in [-0.3, -0.25) is 4.79 Å². The van der Waals surface area contributed by atoms with Crippen LogP contribution in [0.3, 0.4) is 0 Å². The topological polar surface area (TPSA) is 90.9 Å². The molecule has 1 heterocycles. The molecule has 2 aromatic rings. The Hall–Kier alpha value is -2.90. The number of benzene rings is 2. The summed E-state index contributed by atoms with van der Waals surface area (Å²) >= 11 is 0. The number of aliphatic hydroxyl groups is 1. The van der Waals surface area contributed by atoms with E-state index < -0.39 is 12.1 Å². The minimum Gasteiger partial charge on any atom is -0.394 e. The van der Waals surface area contributed by atoms with E-state index in [4.69, 9.17) is 4.74 Å². The molecule has 1 fully saturated rings. The van der Waals surface area contributed by atoms with Crippen molar-refractivity contribution in [3.05, 3.63) is 65.7 Å². The van der Waals surface area contributed by atoms with Gasteiger partial charge in [0.25, 0.3) is 0 Å². The number of hydrogen-bond acceptors (Lipinski definition) is 4. The van der Waals surface area contributed by atoms with Crippen molar-refractivity contribution in [1.29, 1.82) is 0 Å². The summed E-state index contributed by atoms with van der Waals surface area (Å²) in [6.45, 7) is 0.244. The Bertz CT molecular complexity index is 780. The highest BCUT2D eigenvalue weighted by Gasteiger charge is 2.34. The highest BCUT2D eigenvalue weighted by atomic mass is 16.5. The van der Waals surface area contributed by atoms with E-state index in [2.05, 4.69) is 10.6 Å². The minimum absolute atomic E-state index is 0.0143. The highest BCUT2D eigenvalue weighted by molar-refractivity contribution is 5.89. The molecule has 0 aliphatic carbocycles. The van der Waals surface area contributed by atoms with Crippen LogP contribution in [0.25, 0.3) is 0 Å². The van der Waals surface area contributed by atoms with Crippen LogP contribution in [0, 0.1) is 0 Å². The smallest absolute Gasteiger partial charge is 0.319 e. The van der Waals surface area contributed by atoms with Crippen LogP contribution < -0.4 is 10.6 Å². The molecule has 1 saturated heterocycles. The van der Waals surface area contributed by atoms with Crippen molar-refractivity contribution in [1.82, 2.24) is 10.2 Å². The van der Waals surface area contributed by atoms with Crippen LogP contribution in [0.2, 0.25) is 0 Å². The third-order valence-corrected chi connectivity index (χ3v) is 4.61. The summed E-state index contributed by atoms with van der Waals surface area (Å²) < 4.78 is 5.61. The first-order valence-corrected chi connectivity index (χ1v) is 8.75. The zero-order valence-electron chi connectivity index (χ0n) is 15.1. The monoisotopic (exact) mass is 369 g/mol. The average molecular weight is 369 g/mol. The second kappa shape index (κ2) is 8.66. The SMILES string of the molecule is CN1C(=O)CO[C@H](c2ccc(NC(=O)NCc3ccccc3)cc2)[C@H]1CO. The second-order valence-corrected chi connectivity index (χ2v) is 6.40. The molecule has 1 aliphatic rings. The van der Waals surface area contributed by atoms with Gasteiger partial charge in [-0.05, 0) is 23.3 Å². The summed E-state index contributed by atoms with van der Waals surface area (Å²) in [5.41, 5.74) is 2.50. The van der Waals surface area contributed by atoms with Crippen LogP contribution in [0.1, 0.15) is 17.2 Å². The lowest BCUT2D eigenvalue weighted by atomic mass is 9.99. The van der Waals surface area contributed by atoms with E-state index in [9.17, 15) is 14.7 Å². The molecular formula is C20H23N3O4. The number of rotatable bonds is 5. The first kappa shape index (κ1) is 18.9. The molecule has 0 bridgehead atoms. The lowest BCUT2D eigenvalue weighted by Gasteiger charge is -2.38. The first-order valence-electron chi connectivity index (χ1n) is 8.75. The highest BCUT2D eigenvalue weighted by Crippen LogP contribution is 2.28. The molecule has 2 aromatic carbocycles. The maximum absolute atomic E-state index is 12.0. The Morgan fingerprint density at radius 2 is 1.89 bits per heavy atom. The number of nitrogens with zero attached hydrogens (tertiary/aromatic N) is 1. The maximum Gasteiger partial charge on any atom is 0.319 e. The van der Waals surface area contributed by atoms with E-state index in [1.807, 2.05) is 42.5 Å². The Balaban J connectivity index is 1.58. The van der Waals surface area contributed by atoms with Crippen LogP contribution in [-0.4, -0.2) is 48.2 Å².